The predicted octanol–water partition coefficient (Wildman–Crippen LogP) is 2.56. The Morgan fingerprint density at radius 2 is 2.10 bits per heavy atom. The van der Waals surface area contributed by atoms with Crippen molar-refractivity contribution in [2.75, 3.05) is 18.1 Å². The smallest absolute Gasteiger partial charge is 0.337 e. The number of anilines is 1. The molecular weight excluding hydrogens is 280 g/mol. The topological polar surface area (TPSA) is 73.7 Å². The third-order valence-corrected chi connectivity index (χ3v) is 4.02. The Hall–Kier alpha value is -1.33. The van der Waals surface area contributed by atoms with Crippen molar-refractivity contribution in [3.8, 4) is 0 Å². The molecule has 20 heavy (non-hydrogen) atoms. The quantitative estimate of drug-likeness (QED) is 0.874. The Morgan fingerprint density at radius 1 is 1.40 bits per heavy atom. The SMILES string of the molecule is O=C(O)c1cc(N(CCO)C2CCCCC2)ncc1Cl. The molecule has 1 aliphatic rings. The summed E-state index contributed by atoms with van der Waals surface area (Å²) in [6.07, 6.45) is 7.02. The lowest BCUT2D eigenvalue weighted by molar-refractivity contribution is 0.0697. The maximum Gasteiger partial charge on any atom is 0.337 e. The molecule has 1 saturated carbocycles. The maximum atomic E-state index is 11.2. The van der Waals surface area contributed by atoms with Crippen LogP contribution < -0.4 is 4.90 Å². The Kier molecular flexibility index (Phi) is 5.20. The van der Waals surface area contributed by atoms with E-state index in [1.54, 1.807) is 0 Å². The van der Waals surface area contributed by atoms with Crippen molar-refractivity contribution in [2.24, 2.45) is 0 Å². The first kappa shape index (κ1) is 15.1. The van der Waals surface area contributed by atoms with Crippen LogP contribution in [0.3, 0.4) is 0 Å². The van der Waals surface area contributed by atoms with Gasteiger partial charge in [-0.05, 0) is 18.9 Å². The molecule has 110 valence electrons. The summed E-state index contributed by atoms with van der Waals surface area (Å²) < 4.78 is 0. The van der Waals surface area contributed by atoms with Gasteiger partial charge in [-0.3, -0.25) is 0 Å². The number of carboxylic acid groups (broad SMARTS) is 1. The number of pyridine rings is 1. The van der Waals surface area contributed by atoms with Gasteiger partial charge in [0.1, 0.15) is 5.82 Å². The van der Waals surface area contributed by atoms with Gasteiger partial charge in [0.2, 0.25) is 0 Å². The van der Waals surface area contributed by atoms with Gasteiger partial charge in [-0.2, -0.15) is 0 Å². The van der Waals surface area contributed by atoms with Gasteiger partial charge in [0.05, 0.1) is 17.2 Å². The van der Waals surface area contributed by atoms with E-state index in [4.69, 9.17) is 16.7 Å². The molecular formula is C14H19ClN2O3. The number of nitrogens with zero attached hydrogens (tertiary/aromatic N) is 2. The average Bonchev–Trinajstić information content (AvgIpc) is 2.46. The van der Waals surface area contributed by atoms with Gasteiger partial charge >= 0.3 is 5.97 Å². The molecule has 0 saturated heterocycles. The number of rotatable bonds is 5. The van der Waals surface area contributed by atoms with Gasteiger partial charge < -0.3 is 15.1 Å². The Morgan fingerprint density at radius 3 is 2.70 bits per heavy atom. The third-order valence-electron chi connectivity index (χ3n) is 3.72. The molecule has 1 heterocycles. The largest absolute Gasteiger partial charge is 0.478 e. The fraction of sp³-hybridized carbons (Fsp3) is 0.571. The second-order valence-corrected chi connectivity index (χ2v) is 5.44. The van der Waals surface area contributed by atoms with Crippen LogP contribution >= 0.6 is 11.6 Å². The Bertz CT molecular complexity index is 475. The summed E-state index contributed by atoms with van der Waals surface area (Å²) in [6.45, 7) is 0.474. The summed E-state index contributed by atoms with van der Waals surface area (Å²) in [5.74, 6) is -0.487. The first-order chi connectivity index (χ1) is 9.63. The zero-order chi connectivity index (χ0) is 14.5. The minimum atomic E-state index is -1.06. The number of carboxylic acids is 1. The van der Waals surface area contributed by atoms with Crippen LogP contribution in [0.2, 0.25) is 5.02 Å². The van der Waals surface area contributed by atoms with Gasteiger partial charge in [0, 0.05) is 18.8 Å². The highest BCUT2D eigenvalue weighted by atomic mass is 35.5. The van der Waals surface area contributed by atoms with Crippen LogP contribution in [0.4, 0.5) is 5.82 Å². The fourth-order valence-corrected chi connectivity index (χ4v) is 2.92. The minimum Gasteiger partial charge on any atom is -0.478 e. The highest BCUT2D eigenvalue weighted by Gasteiger charge is 2.23. The van der Waals surface area contributed by atoms with Crippen molar-refractivity contribution in [2.45, 2.75) is 38.1 Å². The van der Waals surface area contributed by atoms with Crippen LogP contribution in [0.15, 0.2) is 12.3 Å². The van der Waals surface area contributed by atoms with E-state index < -0.39 is 5.97 Å². The first-order valence-electron chi connectivity index (χ1n) is 6.90. The number of aromatic carboxylic acids is 1. The monoisotopic (exact) mass is 298 g/mol. The van der Waals surface area contributed by atoms with E-state index in [1.165, 1.54) is 18.7 Å². The highest BCUT2D eigenvalue weighted by molar-refractivity contribution is 6.33. The molecule has 0 spiro atoms. The van der Waals surface area contributed by atoms with Crippen molar-refractivity contribution >= 4 is 23.4 Å². The lowest BCUT2D eigenvalue weighted by Crippen LogP contribution is -2.39. The van der Waals surface area contributed by atoms with Crippen molar-refractivity contribution in [3.63, 3.8) is 0 Å². The van der Waals surface area contributed by atoms with E-state index in [9.17, 15) is 9.90 Å². The lowest BCUT2D eigenvalue weighted by atomic mass is 9.94. The van der Waals surface area contributed by atoms with Crippen molar-refractivity contribution in [1.29, 1.82) is 0 Å². The molecule has 0 aromatic carbocycles. The molecule has 0 bridgehead atoms. The van der Waals surface area contributed by atoms with E-state index in [0.29, 0.717) is 18.4 Å². The number of carbonyl (C=O) groups is 1. The van der Waals surface area contributed by atoms with Crippen molar-refractivity contribution < 1.29 is 15.0 Å². The predicted molar refractivity (Wildman–Crippen MR) is 77.5 cm³/mol. The molecule has 0 radical (unpaired) electrons. The highest BCUT2D eigenvalue weighted by Crippen LogP contribution is 2.28. The van der Waals surface area contributed by atoms with Crippen LogP contribution in [-0.2, 0) is 0 Å². The number of halogens is 1. The molecule has 0 atom stereocenters. The normalized spacial score (nSPS) is 16.1. The summed E-state index contributed by atoms with van der Waals surface area (Å²) in [5, 5.41) is 18.5. The van der Waals surface area contributed by atoms with Crippen molar-refractivity contribution in [3.05, 3.63) is 22.8 Å². The zero-order valence-corrected chi connectivity index (χ0v) is 12.0. The maximum absolute atomic E-state index is 11.2. The summed E-state index contributed by atoms with van der Waals surface area (Å²) >= 11 is 5.85. The molecule has 1 aromatic heterocycles. The van der Waals surface area contributed by atoms with Crippen molar-refractivity contribution in [1.82, 2.24) is 4.98 Å². The van der Waals surface area contributed by atoms with Gasteiger partial charge in [-0.15, -0.1) is 0 Å². The molecule has 1 aromatic rings. The van der Waals surface area contributed by atoms with Gasteiger partial charge in [0.15, 0.2) is 0 Å². The van der Waals surface area contributed by atoms with Gasteiger partial charge in [0.25, 0.3) is 0 Å². The van der Waals surface area contributed by atoms with E-state index in [1.807, 2.05) is 4.90 Å². The first-order valence-corrected chi connectivity index (χ1v) is 7.27. The van der Waals surface area contributed by atoms with Crippen LogP contribution in [0.1, 0.15) is 42.5 Å². The summed E-state index contributed by atoms with van der Waals surface area (Å²) in [7, 11) is 0. The second-order valence-electron chi connectivity index (χ2n) is 5.04. The Balaban J connectivity index is 2.28. The molecule has 2 rings (SSSR count). The molecule has 1 aliphatic carbocycles. The number of aliphatic hydroxyl groups excluding tert-OH is 1. The summed E-state index contributed by atoms with van der Waals surface area (Å²) in [4.78, 5) is 17.4. The van der Waals surface area contributed by atoms with E-state index in [0.717, 1.165) is 25.7 Å². The van der Waals surface area contributed by atoms with Gasteiger partial charge in [-0.25, -0.2) is 9.78 Å². The zero-order valence-electron chi connectivity index (χ0n) is 11.3. The number of hydrogen-bond donors (Lipinski definition) is 2. The van der Waals surface area contributed by atoms with E-state index in [2.05, 4.69) is 4.98 Å². The molecule has 0 unspecified atom stereocenters. The number of hydrogen-bond acceptors (Lipinski definition) is 4. The average molecular weight is 299 g/mol. The van der Waals surface area contributed by atoms with E-state index >= 15 is 0 Å². The molecule has 5 nitrogen and oxygen atoms in total. The van der Waals surface area contributed by atoms with Crippen LogP contribution in [0.25, 0.3) is 0 Å². The second kappa shape index (κ2) is 6.90. The minimum absolute atomic E-state index is 0.0171. The van der Waals surface area contributed by atoms with Gasteiger partial charge in [-0.1, -0.05) is 30.9 Å². The molecule has 1 fully saturated rings. The summed E-state index contributed by atoms with van der Waals surface area (Å²) in [5.41, 5.74) is 0.0513. The molecule has 0 amide bonds. The van der Waals surface area contributed by atoms with Crippen LogP contribution in [0, 0.1) is 0 Å². The number of aromatic nitrogens is 1. The number of aliphatic hydroxyl groups is 1. The standard InChI is InChI=1S/C14H19ClN2O3/c15-12-9-16-13(8-11(12)14(19)20)17(6-7-18)10-4-2-1-3-5-10/h8-10,18H,1-7H2,(H,19,20). The van der Waals surface area contributed by atoms with Crippen LogP contribution in [-0.4, -0.2) is 40.4 Å². The fourth-order valence-electron chi connectivity index (χ4n) is 2.73. The molecule has 0 aliphatic heterocycles. The Labute approximate surface area is 123 Å². The van der Waals surface area contributed by atoms with Crippen LogP contribution in [0.5, 0.6) is 0 Å². The molecule has 6 heteroatoms. The molecule has 2 N–H and O–H groups in total. The third kappa shape index (κ3) is 3.41. The van der Waals surface area contributed by atoms with E-state index in [-0.39, 0.29) is 17.2 Å². The lowest BCUT2D eigenvalue weighted by Gasteiger charge is -2.35. The summed E-state index contributed by atoms with van der Waals surface area (Å²) in [6, 6.07) is 1.81.